The van der Waals surface area contributed by atoms with Gasteiger partial charge in [-0.1, -0.05) is 0 Å². The molecule has 2 atom stereocenters. The number of nitrogens with zero attached hydrogens (tertiary/aromatic N) is 1. The summed E-state index contributed by atoms with van der Waals surface area (Å²) in [6, 6.07) is 0.351. The summed E-state index contributed by atoms with van der Waals surface area (Å²) in [4.78, 5) is 13.9. The fourth-order valence-corrected chi connectivity index (χ4v) is 2.62. The summed E-state index contributed by atoms with van der Waals surface area (Å²) in [5.74, 6) is 0.626. The van der Waals surface area contributed by atoms with E-state index in [-0.39, 0.29) is 18.5 Å². The molecule has 2 unspecified atom stereocenters. The minimum Gasteiger partial charge on any atom is -0.444 e. The van der Waals surface area contributed by atoms with Gasteiger partial charge < -0.3 is 15.0 Å². The molecular formula is C12H23ClN2O2. The molecule has 0 aromatic rings. The Morgan fingerprint density at radius 3 is 2.71 bits per heavy atom. The van der Waals surface area contributed by atoms with Gasteiger partial charge in [-0.05, 0) is 39.5 Å². The zero-order chi connectivity index (χ0) is 11.8. The Labute approximate surface area is 109 Å². The van der Waals surface area contributed by atoms with Crippen molar-refractivity contribution in [2.24, 2.45) is 5.92 Å². The largest absolute Gasteiger partial charge is 0.444 e. The maximum absolute atomic E-state index is 12.0. The van der Waals surface area contributed by atoms with Crippen molar-refractivity contribution in [2.45, 2.75) is 45.3 Å². The molecule has 0 aromatic carbocycles. The molecule has 2 fully saturated rings. The van der Waals surface area contributed by atoms with Gasteiger partial charge in [0.2, 0.25) is 0 Å². The number of carbonyl (C=O) groups excluding carboxylic acids is 1. The van der Waals surface area contributed by atoms with Crippen LogP contribution in [0.15, 0.2) is 0 Å². The van der Waals surface area contributed by atoms with Crippen LogP contribution in [0.2, 0.25) is 0 Å². The lowest BCUT2D eigenvalue weighted by atomic mass is 9.92. The third kappa shape index (κ3) is 3.49. The van der Waals surface area contributed by atoms with E-state index in [0.717, 1.165) is 26.1 Å². The first-order chi connectivity index (χ1) is 7.47. The highest BCUT2D eigenvalue weighted by Crippen LogP contribution is 2.27. The quantitative estimate of drug-likeness (QED) is 0.726. The van der Waals surface area contributed by atoms with E-state index >= 15 is 0 Å². The van der Waals surface area contributed by atoms with E-state index in [0.29, 0.717) is 12.0 Å². The molecule has 17 heavy (non-hydrogen) atoms. The number of nitrogens with one attached hydrogen (secondary N) is 1. The van der Waals surface area contributed by atoms with Crippen LogP contribution in [0.1, 0.15) is 33.6 Å². The second-order valence-corrected chi connectivity index (χ2v) is 5.80. The molecule has 5 heteroatoms. The van der Waals surface area contributed by atoms with Gasteiger partial charge in [0, 0.05) is 19.6 Å². The minimum atomic E-state index is -0.393. The van der Waals surface area contributed by atoms with Crippen LogP contribution in [-0.2, 0) is 4.74 Å². The number of fused-ring (bicyclic) bond motifs is 1. The Hall–Kier alpha value is -0.480. The second kappa shape index (κ2) is 5.44. The molecule has 0 radical (unpaired) electrons. The zero-order valence-corrected chi connectivity index (χ0v) is 11.7. The number of likely N-dealkylation sites (tertiary alicyclic amines) is 1. The molecular weight excluding hydrogens is 240 g/mol. The van der Waals surface area contributed by atoms with Gasteiger partial charge in [-0.3, -0.25) is 0 Å². The number of carbonyl (C=O) groups is 1. The van der Waals surface area contributed by atoms with Crippen molar-refractivity contribution in [3.8, 4) is 0 Å². The summed E-state index contributed by atoms with van der Waals surface area (Å²) >= 11 is 0. The van der Waals surface area contributed by atoms with E-state index in [9.17, 15) is 4.79 Å². The van der Waals surface area contributed by atoms with Gasteiger partial charge in [0.25, 0.3) is 0 Å². The summed E-state index contributed by atoms with van der Waals surface area (Å²) in [5, 5.41) is 3.36. The fraction of sp³-hybridized carbons (Fsp3) is 0.917. The van der Waals surface area contributed by atoms with E-state index in [1.807, 2.05) is 25.7 Å². The Balaban J connectivity index is 0.00000144. The molecule has 2 heterocycles. The average molecular weight is 263 g/mol. The summed E-state index contributed by atoms with van der Waals surface area (Å²) in [5.41, 5.74) is -0.393. The molecule has 1 N–H and O–H groups in total. The van der Waals surface area contributed by atoms with Gasteiger partial charge in [-0.15, -0.1) is 12.4 Å². The van der Waals surface area contributed by atoms with E-state index in [2.05, 4.69) is 5.32 Å². The molecule has 0 saturated carbocycles. The first-order valence-corrected chi connectivity index (χ1v) is 6.18. The SMILES string of the molecule is CC(C)(C)OC(=O)N1CCCC2CNCC21.Cl. The maximum atomic E-state index is 12.0. The number of hydrogen-bond donors (Lipinski definition) is 1. The molecule has 1 amide bonds. The zero-order valence-electron chi connectivity index (χ0n) is 10.9. The molecule has 100 valence electrons. The summed E-state index contributed by atoms with van der Waals surface area (Å²) in [6.07, 6.45) is 2.19. The summed E-state index contributed by atoms with van der Waals surface area (Å²) < 4.78 is 5.44. The van der Waals surface area contributed by atoms with Crippen LogP contribution in [0, 0.1) is 5.92 Å². The van der Waals surface area contributed by atoms with Crippen LogP contribution < -0.4 is 5.32 Å². The van der Waals surface area contributed by atoms with Crippen LogP contribution >= 0.6 is 12.4 Å². The van der Waals surface area contributed by atoms with Crippen molar-refractivity contribution in [2.75, 3.05) is 19.6 Å². The van der Waals surface area contributed by atoms with Crippen molar-refractivity contribution < 1.29 is 9.53 Å². The van der Waals surface area contributed by atoms with Gasteiger partial charge in [-0.2, -0.15) is 0 Å². The molecule has 2 aliphatic rings. The van der Waals surface area contributed by atoms with Gasteiger partial charge in [0.15, 0.2) is 0 Å². The lowest BCUT2D eigenvalue weighted by Gasteiger charge is -2.37. The van der Waals surface area contributed by atoms with Crippen LogP contribution in [0.25, 0.3) is 0 Å². The Bertz CT molecular complexity index is 278. The van der Waals surface area contributed by atoms with Gasteiger partial charge in [0.05, 0.1) is 6.04 Å². The Morgan fingerprint density at radius 1 is 1.35 bits per heavy atom. The molecule has 4 nitrogen and oxygen atoms in total. The van der Waals surface area contributed by atoms with E-state index < -0.39 is 5.60 Å². The number of halogens is 1. The fourth-order valence-electron chi connectivity index (χ4n) is 2.62. The normalized spacial score (nSPS) is 28.3. The molecule has 2 aliphatic heterocycles. The second-order valence-electron chi connectivity index (χ2n) is 5.80. The predicted molar refractivity (Wildman–Crippen MR) is 69.6 cm³/mol. The Morgan fingerprint density at radius 2 is 2.06 bits per heavy atom. The van der Waals surface area contributed by atoms with E-state index in [4.69, 9.17) is 4.74 Å². The van der Waals surface area contributed by atoms with Crippen LogP contribution in [0.5, 0.6) is 0 Å². The van der Waals surface area contributed by atoms with Gasteiger partial charge >= 0.3 is 6.09 Å². The highest BCUT2D eigenvalue weighted by Gasteiger charge is 2.38. The number of ether oxygens (including phenoxy) is 1. The lowest BCUT2D eigenvalue weighted by molar-refractivity contribution is 0.00663. The monoisotopic (exact) mass is 262 g/mol. The van der Waals surface area contributed by atoms with Crippen LogP contribution in [-0.4, -0.2) is 42.3 Å². The van der Waals surface area contributed by atoms with Crippen molar-refractivity contribution in [3.05, 3.63) is 0 Å². The Kier molecular flexibility index (Phi) is 4.67. The molecule has 0 aliphatic carbocycles. The lowest BCUT2D eigenvalue weighted by Crippen LogP contribution is -2.50. The maximum Gasteiger partial charge on any atom is 0.410 e. The van der Waals surface area contributed by atoms with Crippen LogP contribution in [0.3, 0.4) is 0 Å². The molecule has 0 bridgehead atoms. The highest BCUT2D eigenvalue weighted by atomic mass is 35.5. The van der Waals surface area contributed by atoms with Crippen molar-refractivity contribution >= 4 is 18.5 Å². The van der Waals surface area contributed by atoms with Gasteiger partial charge in [0.1, 0.15) is 5.60 Å². The number of rotatable bonds is 0. The third-order valence-electron chi connectivity index (χ3n) is 3.31. The van der Waals surface area contributed by atoms with Crippen molar-refractivity contribution in [1.82, 2.24) is 10.2 Å². The standard InChI is InChI=1S/C12H22N2O2.ClH/c1-12(2,3)16-11(15)14-6-4-5-9-7-13-8-10(9)14;/h9-10,13H,4-8H2,1-3H3;1H. The highest BCUT2D eigenvalue weighted by molar-refractivity contribution is 5.85. The predicted octanol–water partition coefficient (Wildman–Crippen LogP) is 2.03. The van der Waals surface area contributed by atoms with Gasteiger partial charge in [-0.25, -0.2) is 4.79 Å². The first kappa shape index (κ1) is 14.6. The smallest absolute Gasteiger partial charge is 0.410 e. The molecule has 0 spiro atoms. The number of amides is 1. The number of hydrogen-bond acceptors (Lipinski definition) is 3. The topological polar surface area (TPSA) is 41.6 Å². The van der Waals surface area contributed by atoms with Crippen LogP contribution in [0.4, 0.5) is 4.79 Å². The summed E-state index contributed by atoms with van der Waals surface area (Å²) in [6.45, 7) is 8.56. The average Bonchev–Trinajstić information content (AvgIpc) is 2.61. The van der Waals surface area contributed by atoms with Crippen molar-refractivity contribution in [3.63, 3.8) is 0 Å². The van der Waals surface area contributed by atoms with E-state index in [1.54, 1.807) is 0 Å². The molecule has 2 saturated heterocycles. The first-order valence-electron chi connectivity index (χ1n) is 6.18. The third-order valence-corrected chi connectivity index (χ3v) is 3.31. The van der Waals surface area contributed by atoms with E-state index in [1.165, 1.54) is 6.42 Å². The summed E-state index contributed by atoms with van der Waals surface area (Å²) in [7, 11) is 0. The molecule has 2 rings (SSSR count). The number of piperidine rings is 1. The minimum absolute atomic E-state index is 0. The van der Waals surface area contributed by atoms with Crippen molar-refractivity contribution in [1.29, 1.82) is 0 Å². The molecule has 0 aromatic heterocycles.